The number of nitrogens with one attached hydrogen (secondary N) is 2. The van der Waals surface area contributed by atoms with E-state index in [0.29, 0.717) is 0 Å². The number of anilines is 1. The molecule has 1 aromatic carbocycles. The summed E-state index contributed by atoms with van der Waals surface area (Å²) < 4.78 is 5.70. The van der Waals surface area contributed by atoms with Crippen molar-refractivity contribution in [1.29, 1.82) is 0 Å². The van der Waals surface area contributed by atoms with Gasteiger partial charge in [-0.2, -0.15) is 0 Å². The van der Waals surface area contributed by atoms with Gasteiger partial charge in [0.2, 0.25) is 0 Å². The maximum atomic E-state index is 5.70. The summed E-state index contributed by atoms with van der Waals surface area (Å²) in [5, 5.41) is 6.86. The van der Waals surface area contributed by atoms with Crippen molar-refractivity contribution in [3.8, 4) is 5.75 Å². The van der Waals surface area contributed by atoms with Gasteiger partial charge in [-0.25, -0.2) is 0 Å². The van der Waals surface area contributed by atoms with Gasteiger partial charge in [0.1, 0.15) is 5.75 Å². The maximum absolute atomic E-state index is 5.70. The van der Waals surface area contributed by atoms with Gasteiger partial charge >= 0.3 is 0 Å². The Labute approximate surface area is 111 Å². The zero-order valence-corrected chi connectivity index (χ0v) is 12.0. The summed E-state index contributed by atoms with van der Waals surface area (Å²) in [6.45, 7) is 11.2. The lowest BCUT2D eigenvalue weighted by Gasteiger charge is -2.21. The monoisotopic (exact) mass is 250 g/mol. The van der Waals surface area contributed by atoms with Gasteiger partial charge in [0.05, 0.1) is 12.3 Å². The predicted octanol–water partition coefficient (Wildman–Crippen LogP) is 3.28. The lowest BCUT2D eigenvalue weighted by molar-refractivity contribution is 0.319. The zero-order chi connectivity index (χ0) is 13.4. The third kappa shape index (κ3) is 5.92. The van der Waals surface area contributed by atoms with E-state index >= 15 is 0 Å². The summed E-state index contributed by atoms with van der Waals surface area (Å²) in [6.07, 6.45) is 1.03. The Hall–Kier alpha value is -1.22. The highest BCUT2D eigenvalue weighted by Crippen LogP contribution is 2.23. The van der Waals surface area contributed by atoms with Crippen LogP contribution >= 0.6 is 0 Å². The first kappa shape index (κ1) is 14.8. The molecular formula is C15H26N2O. The fraction of sp³-hybridized carbons (Fsp3) is 0.600. The molecule has 0 saturated carbocycles. The maximum Gasteiger partial charge on any atom is 0.142 e. The van der Waals surface area contributed by atoms with Crippen molar-refractivity contribution in [3.05, 3.63) is 24.3 Å². The fourth-order valence-corrected chi connectivity index (χ4v) is 1.59. The van der Waals surface area contributed by atoms with Gasteiger partial charge in [-0.3, -0.25) is 0 Å². The molecule has 0 spiro atoms. The van der Waals surface area contributed by atoms with Gasteiger partial charge in [0, 0.05) is 18.6 Å². The molecule has 0 heterocycles. The zero-order valence-electron chi connectivity index (χ0n) is 12.0. The molecule has 18 heavy (non-hydrogen) atoms. The number of rotatable bonds is 7. The van der Waals surface area contributed by atoms with E-state index < -0.39 is 0 Å². The van der Waals surface area contributed by atoms with Crippen LogP contribution in [0.5, 0.6) is 5.75 Å². The Bertz CT molecular complexity index is 345. The largest absolute Gasteiger partial charge is 0.491 e. The SMILES string of the molecule is CCCOc1ccccc1NCCNC(C)(C)C. The minimum Gasteiger partial charge on any atom is -0.491 e. The molecule has 102 valence electrons. The van der Waals surface area contributed by atoms with Crippen molar-refractivity contribution in [2.24, 2.45) is 0 Å². The van der Waals surface area contributed by atoms with Crippen LogP contribution in [0.3, 0.4) is 0 Å². The molecule has 0 aliphatic carbocycles. The highest BCUT2D eigenvalue weighted by atomic mass is 16.5. The van der Waals surface area contributed by atoms with Crippen molar-refractivity contribution in [2.45, 2.75) is 39.7 Å². The highest BCUT2D eigenvalue weighted by molar-refractivity contribution is 5.56. The molecule has 0 aliphatic rings. The van der Waals surface area contributed by atoms with Crippen LogP contribution in [-0.2, 0) is 0 Å². The van der Waals surface area contributed by atoms with E-state index in [-0.39, 0.29) is 5.54 Å². The smallest absolute Gasteiger partial charge is 0.142 e. The minimum atomic E-state index is 0.167. The first-order valence-electron chi connectivity index (χ1n) is 6.73. The standard InChI is InChI=1S/C15H26N2O/c1-5-12-18-14-9-7-6-8-13(14)16-10-11-17-15(2,3)4/h6-9,16-17H,5,10-12H2,1-4H3. The van der Waals surface area contributed by atoms with Crippen LogP contribution in [0.4, 0.5) is 5.69 Å². The number of hydrogen-bond donors (Lipinski definition) is 2. The quantitative estimate of drug-likeness (QED) is 0.729. The summed E-state index contributed by atoms with van der Waals surface area (Å²) in [4.78, 5) is 0. The molecule has 0 radical (unpaired) electrons. The molecule has 0 bridgehead atoms. The third-order valence-corrected chi connectivity index (χ3v) is 2.44. The van der Waals surface area contributed by atoms with E-state index in [4.69, 9.17) is 4.74 Å². The Morgan fingerprint density at radius 2 is 1.83 bits per heavy atom. The van der Waals surface area contributed by atoms with Crippen LogP contribution in [0.15, 0.2) is 24.3 Å². The molecule has 0 saturated heterocycles. The first-order chi connectivity index (χ1) is 8.53. The van der Waals surface area contributed by atoms with Crippen LogP contribution in [0.2, 0.25) is 0 Å². The Balaban J connectivity index is 2.41. The van der Waals surface area contributed by atoms with E-state index in [0.717, 1.165) is 37.6 Å². The van der Waals surface area contributed by atoms with Gasteiger partial charge in [0.15, 0.2) is 0 Å². The molecule has 0 atom stereocenters. The molecule has 0 fully saturated rings. The van der Waals surface area contributed by atoms with Gasteiger partial charge in [0.25, 0.3) is 0 Å². The molecule has 0 aliphatic heterocycles. The third-order valence-electron chi connectivity index (χ3n) is 2.44. The molecule has 3 heteroatoms. The summed E-state index contributed by atoms with van der Waals surface area (Å²) in [5.74, 6) is 0.940. The summed E-state index contributed by atoms with van der Waals surface area (Å²) >= 11 is 0. The Morgan fingerprint density at radius 1 is 1.11 bits per heavy atom. The number of hydrogen-bond acceptors (Lipinski definition) is 3. The van der Waals surface area contributed by atoms with Crippen molar-refractivity contribution < 1.29 is 4.74 Å². The molecule has 1 aromatic rings. The van der Waals surface area contributed by atoms with Crippen LogP contribution in [0, 0.1) is 0 Å². The number of benzene rings is 1. The van der Waals surface area contributed by atoms with Gasteiger partial charge < -0.3 is 15.4 Å². The number of para-hydroxylation sites is 2. The second kappa shape index (κ2) is 7.27. The van der Waals surface area contributed by atoms with E-state index in [1.807, 2.05) is 18.2 Å². The fourth-order valence-electron chi connectivity index (χ4n) is 1.59. The van der Waals surface area contributed by atoms with Crippen molar-refractivity contribution in [2.75, 3.05) is 25.0 Å². The summed E-state index contributed by atoms with van der Waals surface area (Å²) in [7, 11) is 0. The second-order valence-electron chi connectivity index (χ2n) is 5.45. The molecule has 0 unspecified atom stereocenters. The van der Waals surface area contributed by atoms with Crippen molar-refractivity contribution >= 4 is 5.69 Å². The Morgan fingerprint density at radius 3 is 2.50 bits per heavy atom. The molecular weight excluding hydrogens is 224 g/mol. The molecule has 3 nitrogen and oxygen atoms in total. The average molecular weight is 250 g/mol. The summed E-state index contributed by atoms with van der Waals surface area (Å²) in [6, 6.07) is 8.10. The average Bonchev–Trinajstić information content (AvgIpc) is 2.32. The highest BCUT2D eigenvalue weighted by Gasteiger charge is 2.07. The van der Waals surface area contributed by atoms with Crippen molar-refractivity contribution in [1.82, 2.24) is 5.32 Å². The molecule has 2 N–H and O–H groups in total. The van der Waals surface area contributed by atoms with Crippen LogP contribution in [-0.4, -0.2) is 25.2 Å². The minimum absolute atomic E-state index is 0.167. The lowest BCUT2D eigenvalue weighted by Crippen LogP contribution is -2.38. The van der Waals surface area contributed by atoms with E-state index in [1.165, 1.54) is 0 Å². The number of ether oxygens (including phenoxy) is 1. The van der Waals surface area contributed by atoms with E-state index in [9.17, 15) is 0 Å². The van der Waals surface area contributed by atoms with Gasteiger partial charge in [-0.15, -0.1) is 0 Å². The van der Waals surface area contributed by atoms with E-state index in [1.54, 1.807) is 0 Å². The van der Waals surface area contributed by atoms with E-state index in [2.05, 4.69) is 44.4 Å². The topological polar surface area (TPSA) is 33.3 Å². The molecule has 0 aromatic heterocycles. The van der Waals surface area contributed by atoms with Crippen LogP contribution in [0.1, 0.15) is 34.1 Å². The second-order valence-corrected chi connectivity index (χ2v) is 5.45. The van der Waals surface area contributed by atoms with Crippen LogP contribution in [0.25, 0.3) is 0 Å². The Kier molecular flexibility index (Phi) is 5.99. The first-order valence-corrected chi connectivity index (χ1v) is 6.73. The van der Waals surface area contributed by atoms with Gasteiger partial charge in [-0.05, 0) is 39.3 Å². The van der Waals surface area contributed by atoms with Crippen LogP contribution < -0.4 is 15.4 Å². The molecule has 1 rings (SSSR count). The molecule has 0 amide bonds. The van der Waals surface area contributed by atoms with Crippen molar-refractivity contribution in [3.63, 3.8) is 0 Å². The van der Waals surface area contributed by atoms with Gasteiger partial charge in [-0.1, -0.05) is 19.1 Å². The normalized spacial score (nSPS) is 11.3. The summed E-state index contributed by atoms with van der Waals surface area (Å²) in [5.41, 5.74) is 1.24. The lowest BCUT2D eigenvalue weighted by atomic mass is 10.1. The predicted molar refractivity (Wildman–Crippen MR) is 78.5 cm³/mol.